The number of anilines is 2. The molecule has 106 valence electrons. The number of nitrogens with two attached hydrogens (primary N) is 1. The maximum absolute atomic E-state index is 5.85. The third kappa shape index (κ3) is 4.29. The summed E-state index contributed by atoms with van der Waals surface area (Å²) >= 11 is 0. The topological polar surface area (TPSA) is 59.8 Å². The molecule has 0 bridgehead atoms. The molecule has 3 N–H and O–H groups in total. The lowest BCUT2D eigenvalue weighted by atomic mass is 10.2. The normalized spacial score (nSPS) is 16.3. The van der Waals surface area contributed by atoms with E-state index in [0.717, 1.165) is 50.8 Å². The lowest BCUT2D eigenvalue weighted by Crippen LogP contribution is -2.39. The highest BCUT2D eigenvalue weighted by atomic mass is 16.5. The molecule has 0 radical (unpaired) electrons. The van der Waals surface area contributed by atoms with Crippen LogP contribution in [0.2, 0.25) is 0 Å². The number of rotatable bonds is 6. The van der Waals surface area contributed by atoms with Crippen molar-refractivity contribution in [1.82, 2.24) is 4.90 Å². The first-order chi connectivity index (χ1) is 9.29. The molecule has 0 amide bonds. The largest absolute Gasteiger partial charge is 0.492 e. The van der Waals surface area contributed by atoms with Crippen LogP contribution in [0.25, 0.3) is 0 Å². The van der Waals surface area contributed by atoms with Gasteiger partial charge in [-0.05, 0) is 19.1 Å². The number of hydrogen-bond acceptors (Lipinski definition) is 5. The monoisotopic (exact) mass is 265 g/mol. The number of ether oxygens (including phenoxy) is 2. The molecule has 0 aromatic heterocycles. The van der Waals surface area contributed by atoms with Crippen LogP contribution in [-0.4, -0.2) is 50.9 Å². The van der Waals surface area contributed by atoms with E-state index in [1.165, 1.54) is 0 Å². The van der Waals surface area contributed by atoms with E-state index in [2.05, 4.69) is 10.2 Å². The van der Waals surface area contributed by atoms with E-state index >= 15 is 0 Å². The Hall–Kier alpha value is -1.46. The third-order valence-electron chi connectivity index (χ3n) is 3.17. The number of nitrogens with zero attached hydrogens (tertiary/aromatic N) is 1. The fourth-order valence-electron chi connectivity index (χ4n) is 2.11. The van der Waals surface area contributed by atoms with Gasteiger partial charge in [-0.1, -0.05) is 0 Å². The van der Waals surface area contributed by atoms with Gasteiger partial charge in [-0.3, -0.25) is 4.90 Å². The van der Waals surface area contributed by atoms with E-state index in [9.17, 15) is 0 Å². The number of morpholine rings is 1. The van der Waals surface area contributed by atoms with Crippen molar-refractivity contribution in [2.45, 2.75) is 6.92 Å². The molecule has 1 saturated heterocycles. The Morgan fingerprint density at radius 1 is 1.37 bits per heavy atom. The third-order valence-corrected chi connectivity index (χ3v) is 3.17. The van der Waals surface area contributed by atoms with Gasteiger partial charge in [0.25, 0.3) is 0 Å². The second-order valence-electron chi connectivity index (χ2n) is 4.57. The van der Waals surface area contributed by atoms with E-state index in [0.29, 0.717) is 12.3 Å². The van der Waals surface area contributed by atoms with Crippen LogP contribution in [0.15, 0.2) is 18.2 Å². The van der Waals surface area contributed by atoms with Crippen molar-refractivity contribution < 1.29 is 9.47 Å². The van der Waals surface area contributed by atoms with Gasteiger partial charge in [-0.15, -0.1) is 0 Å². The minimum absolute atomic E-state index is 0.626. The standard InChI is InChI=1S/C14H23N3O2/c1-2-19-14-11-12(3-4-13(14)15)16-5-6-17-7-9-18-10-8-17/h3-4,11,16H,2,5-10,15H2,1H3. The van der Waals surface area contributed by atoms with Gasteiger partial charge in [-0.25, -0.2) is 0 Å². The Kier molecular flexibility index (Phi) is 5.30. The Labute approximate surface area is 114 Å². The predicted molar refractivity (Wildman–Crippen MR) is 77.8 cm³/mol. The van der Waals surface area contributed by atoms with Crippen molar-refractivity contribution in [1.29, 1.82) is 0 Å². The number of nitrogen functional groups attached to an aromatic ring is 1. The highest BCUT2D eigenvalue weighted by molar-refractivity contribution is 5.61. The quantitative estimate of drug-likeness (QED) is 0.762. The molecular formula is C14H23N3O2. The number of hydrogen-bond donors (Lipinski definition) is 2. The van der Waals surface area contributed by atoms with Gasteiger partial charge in [0.2, 0.25) is 0 Å². The van der Waals surface area contributed by atoms with Gasteiger partial charge >= 0.3 is 0 Å². The summed E-state index contributed by atoms with van der Waals surface area (Å²) in [5, 5.41) is 3.40. The van der Waals surface area contributed by atoms with Crippen LogP contribution >= 0.6 is 0 Å². The van der Waals surface area contributed by atoms with Crippen molar-refractivity contribution in [3.05, 3.63) is 18.2 Å². The van der Waals surface area contributed by atoms with Crippen LogP contribution in [0.3, 0.4) is 0 Å². The summed E-state index contributed by atoms with van der Waals surface area (Å²) in [6.45, 7) is 8.25. The van der Waals surface area contributed by atoms with Crippen molar-refractivity contribution >= 4 is 11.4 Å². The zero-order valence-electron chi connectivity index (χ0n) is 11.5. The maximum atomic E-state index is 5.85. The van der Waals surface area contributed by atoms with Crippen molar-refractivity contribution in [2.24, 2.45) is 0 Å². The molecule has 5 nitrogen and oxygen atoms in total. The summed E-state index contributed by atoms with van der Waals surface area (Å²) in [5.74, 6) is 0.749. The van der Waals surface area contributed by atoms with E-state index in [-0.39, 0.29) is 0 Å². The van der Waals surface area contributed by atoms with E-state index < -0.39 is 0 Å². The van der Waals surface area contributed by atoms with Crippen molar-refractivity contribution in [3.8, 4) is 5.75 Å². The van der Waals surface area contributed by atoms with Crippen LogP contribution < -0.4 is 15.8 Å². The van der Waals surface area contributed by atoms with Crippen LogP contribution in [0.4, 0.5) is 11.4 Å². The van der Waals surface area contributed by atoms with Crippen molar-refractivity contribution in [3.63, 3.8) is 0 Å². The maximum Gasteiger partial charge on any atom is 0.144 e. The summed E-state index contributed by atoms with van der Waals surface area (Å²) in [4.78, 5) is 2.40. The molecule has 0 spiro atoms. The summed E-state index contributed by atoms with van der Waals surface area (Å²) in [6, 6.07) is 5.82. The minimum atomic E-state index is 0.626. The molecule has 0 atom stereocenters. The van der Waals surface area contributed by atoms with Gasteiger partial charge in [0.05, 0.1) is 25.5 Å². The van der Waals surface area contributed by atoms with Gasteiger partial charge in [-0.2, -0.15) is 0 Å². The first kappa shape index (κ1) is 14.0. The van der Waals surface area contributed by atoms with Crippen LogP contribution in [-0.2, 0) is 4.74 Å². The molecule has 1 heterocycles. The molecule has 0 aliphatic carbocycles. The highest BCUT2D eigenvalue weighted by Crippen LogP contribution is 2.25. The summed E-state index contributed by atoms with van der Waals surface area (Å²) in [6.07, 6.45) is 0. The van der Waals surface area contributed by atoms with E-state index in [1.807, 2.05) is 25.1 Å². The summed E-state index contributed by atoms with van der Waals surface area (Å²) in [5.41, 5.74) is 7.57. The van der Waals surface area contributed by atoms with Gasteiger partial charge in [0, 0.05) is 37.9 Å². The van der Waals surface area contributed by atoms with E-state index in [4.69, 9.17) is 15.2 Å². The predicted octanol–water partition coefficient (Wildman–Crippen LogP) is 1.41. The second-order valence-corrected chi connectivity index (χ2v) is 4.57. The molecule has 1 aliphatic rings. The first-order valence-electron chi connectivity index (χ1n) is 6.86. The molecule has 0 saturated carbocycles. The highest BCUT2D eigenvalue weighted by Gasteiger charge is 2.09. The first-order valence-corrected chi connectivity index (χ1v) is 6.86. The van der Waals surface area contributed by atoms with Crippen LogP contribution in [0.1, 0.15) is 6.92 Å². The number of benzene rings is 1. The minimum Gasteiger partial charge on any atom is -0.492 e. The molecule has 0 unspecified atom stereocenters. The zero-order chi connectivity index (χ0) is 13.5. The van der Waals surface area contributed by atoms with Gasteiger partial charge < -0.3 is 20.5 Å². The number of nitrogens with one attached hydrogen (secondary N) is 1. The SMILES string of the molecule is CCOc1cc(NCCN2CCOCC2)ccc1N. The average Bonchev–Trinajstić information content (AvgIpc) is 2.44. The lowest BCUT2D eigenvalue weighted by Gasteiger charge is -2.26. The summed E-state index contributed by atoms with van der Waals surface area (Å²) in [7, 11) is 0. The molecule has 1 fully saturated rings. The van der Waals surface area contributed by atoms with Crippen LogP contribution in [0.5, 0.6) is 5.75 Å². The Morgan fingerprint density at radius 3 is 2.89 bits per heavy atom. The molecule has 19 heavy (non-hydrogen) atoms. The zero-order valence-corrected chi connectivity index (χ0v) is 11.5. The second kappa shape index (κ2) is 7.21. The fourth-order valence-corrected chi connectivity index (χ4v) is 2.11. The van der Waals surface area contributed by atoms with Crippen LogP contribution in [0, 0.1) is 0 Å². The molecule has 1 aliphatic heterocycles. The molecule has 1 aromatic carbocycles. The van der Waals surface area contributed by atoms with Crippen molar-refractivity contribution in [2.75, 3.05) is 57.1 Å². The Balaban J connectivity index is 1.80. The Morgan fingerprint density at radius 2 is 2.16 bits per heavy atom. The molecule has 5 heteroatoms. The average molecular weight is 265 g/mol. The molecule has 2 rings (SSSR count). The van der Waals surface area contributed by atoms with Gasteiger partial charge in [0.1, 0.15) is 5.75 Å². The lowest BCUT2D eigenvalue weighted by molar-refractivity contribution is 0.0398. The summed E-state index contributed by atoms with van der Waals surface area (Å²) < 4.78 is 10.8. The van der Waals surface area contributed by atoms with Gasteiger partial charge in [0.15, 0.2) is 0 Å². The smallest absolute Gasteiger partial charge is 0.144 e. The molecular weight excluding hydrogens is 242 g/mol. The van der Waals surface area contributed by atoms with E-state index in [1.54, 1.807) is 0 Å². The Bertz CT molecular complexity index is 392. The fraction of sp³-hybridized carbons (Fsp3) is 0.571. The molecule has 1 aromatic rings.